The minimum atomic E-state index is -0.587. The summed E-state index contributed by atoms with van der Waals surface area (Å²) in [4.78, 5) is 29.1. The largest absolute Gasteiger partial charge is 0.444 e. The molecule has 2 aromatic carbocycles. The van der Waals surface area contributed by atoms with Crippen molar-refractivity contribution in [3.63, 3.8) is 0 Å². The second kappa shape index (κ2) is 8.19. The number of carbonyl (C=O) groups is 2. The van der Waals surface area contributed by atoms with E-state index in [1.54, 1.807) is 9.80 Å². The average molecular weight is 384 g/mol. The molecule has 2 aromatic rings. The van der Waals surface area contributed by atoms with Crippen LogP contribution in [0, 0.1) is 0 Å². The Morgan fingerprint density at radius 3 is 2.54 bits per heavy atom. The van der Waals surface area contributed by atoms with Gasteiger partial charge in [-0.05, 0) is 44.0 Å². The third-order valence-corrected chi connectivity index (χ3v) is 4.88. The predicted molar refractivity (Wildman–Crippen MR) is 108 cm³/mol. The Morgan fingerprint density at radius 1 is 1.11 bits per heavy atom. The third-order valence-electron chi connectivity index (χ3n) is 4.88. The van der Waals surface area contributed by atoms with Crippen molar-refractivity contribution in [1.29, 1.82) is 0 Å². The van der Waals surface area contributed by atoms with Crippen molar-refractivity contribution in [3.05, 3.63) is 48.0 Å². The van der Waals surface area contributed by atoms with E-state index in [1.807, 2.05) is 63.2 Å². The number of amides is 2. The van der Waals surface area contributed by atoms with Gasteiger partial charge in [0.05, 0.1) is 6.04 Å². The van der Waals surface area contributed by atoms with Gasteiger partial charge < -0.3 is 19.6 Å². The van der Waals surface area contributed by atoms with Crippen LogP contribution < -0.4 is 0 Å². The highest BCUT2D eigenvalue weighted by molar-refractivity contribution is 6.07. The molecule has 0 spiro atoms. The molecule has 1 heterocycles. The summed E-state index contributed by atoms with van der Waals surface area (Å²) in [5.74, 6) is -0.0522. The molecule has 1 unspecified atom stereocenters. The molecule has 1 saturated heterocycles. The van der Waals surface area contributed by atoms with E-state index in [4.69, 9.17) is 4.74 Å². The van der Waals surface area contributed by atoms with Crippen LogP contribution in [-0.2, 0) is 4.74 Å². The molecule has 3 rings (SSSR count). The first-order chi connectivity index (χ1) is 13.3. The summed E-state index contributed by atoms with van der Waals surface area (Å²) in [6.07, 6.45) is 0.00154. The van der Waals surface area contributed by atoms with Gasteiger partial charge in [0.15, 0.2) is 0 Å². The molecule has 0 aromatic heterocycles. The molecule has 0 radical (unpaired) electrons. The number of hydrogen-bond acceptors (Lipinski definition) is 4. The molecule has 0 aliphatic carbocycles. The first kappa shape index (κ1) is 20.1. The summed E-state index contributed by atoms with van der Waals surface area (Å²) in [6.45, 7) is 6.62. The number of carbonyl (C=O) groups excluding carboxylic acids is 2. The summed E-state index contributed by atoms with van der Waals surface area (Å²) in [5.41, 5.74) is 0.0723. The van der Waals surface area contributed by atoms with Crippen molar-refractivity contribution in [2.75, 3.05) is 26.2 Å². The number of hydrogen-bond donors (Lipinski definition) is 1. The minimum Gasteiger partial charge on any atom is -0.444 e. The SMILES string of the molecule is CC(C)(C)OC(=O)N1CCN(C(=O)c2cccc3ccccc23)CC1CCO. The second-order valence-electron chi connectivity index (χ2n) is 8.12. The number of aliphatic hydroxyl groups is 1. The van der Waals surface area contributed by atoms with Crippen LogP contribution in [0.5, 0.6) is 0 Å². The monoisotopic (exact) mass is 384 g/mol. The van der Waals surface area contributed by atoms with E-state index in [1.165, 1.54) is 0 Å². The molecule has 1 N–H and O–H groups in total. The molecule has 1 aliphatic rings. The smallest absolute Gasteiger partial charge is 0.410 e. The van der Waals surface area contributed by atoms with Gasteiger partial charge >= 0.3 is 6.09 Å². The number of aliphatic hydroxyl groups excluding tert-OH is 1. The Morgan fingerprint density at radius 2 is 1.82 bits per heavy atom. The van der Waals surface area contributed by atoms with Gasteiger partial charge in [0.2, 0.25) is 0 Å². The van der Waals surface area contributed by atoms with E-state index in [0.29, 0.717) is 31.6 Å². The quantitative estimate of drug-likeness (QED) is 0.882. The number of rotatable bonds is 3. The lowest BCUT2D eigenvalue weighted by Crippen LogP contribution is -2.57. The molecule has 2 amide bonds. The standard InChI is InChI=1S/C22H28N2O4/c1-22(2,3)28-21(27)24-13-12-23(15-17(24)11-14-25)20(26)19-10-6-8-16-7-4-5-9-18(16)19/h4-10,17,25H,11-15H2,1-3H3. The van der Waals surface area contributed by atoms with E-state index >= 15 is 0 Å². The Labute approximate surface area is 165 Å². The maximum absolute atomic E-state index is 13.2. The third kappa shape index (κ3) is 4.44. The van der Waals surface area contributed by atoms with Gasteiger partial charge in [-0.3, -0.25) is 4.79 Å². The summed E-state index contributed by atoms with van der Waals surface area (Å²) in [6, 6.07) is 13.3. The lowest BCUT2D eigenvalue weighted by atomic mass is 10.0. The predicted octanol–water partition coefficient (Wildman–Crippen LogP) is 3.28. The molecule has 150 valence electrons. The zero-order chi connectivity index (χ0) is 20.3. The van der Waals surface area contributed by atoms with Crippen LogP contribution in [0.3, 0.4) is 0 Å². The maximum Gasteiger partial charge on any atom is 0.410 e. The van der Waals surface area contributed by atoms with Crippen molar-refractivity contribution in [1.82, 2.24) is 9.80 Å². The number of benzene rings is 2. The molecule has 1 fully saturated rings. The molecule has 6 heteroatoms. The van der Waals surface area contributed by atoms with Gasteiger partial charge in [-0.1, -0.05) is 36.4 Å². The van der Waals surface area contributed by atoms with E-state index < -0.39 is 11.7 Å². The van der Waals surface area contributed by atoms with Crippen molar-refractivity contribution in [2.24, 2.45) is 0 Å². The van der Waals surface area contributed by atoms with Gasteiger partial charge in [-0.2, -0.15) is 0 Å². The number of fused-ring (bicyclic) bond motifs is 1. The highest BCUT2D eigenvalue weighted by atomic mass is 16.6. The van der Waals surface area contributed by atoms with Crippen molar-refractivity contribution < 1.29 is 19.4 Å². The highest BCUT2D eigenvalue weighted by Gasteiger charge is 2.35. The van der Waals surface area contributed by atoms with E-state index in [2.05, 4.69) is 0 Å². The molecule has 28 heavy (non-hydrogen) atoms. The van der Waals surface area contributed by atoms with Crippen LogP contribution in [0.2, 0.25) is 0 Å². The number of nitrogens with zero attached hydrogens (tertiary/aromatic N) is 2. The summed E-state index contributed by atoms with van der Waals surface area (Å²) < 4.78 is 5.49. The number of ether oxygens (including phenoxy) is 1. The van der Waals surface area contributed by atoms with Crippen LogP contribution in [-0.4, -0.2) is 64.8 Å². The fourth-order valence-corrected chi connectivity index (χ4v) is 3.58. The highest BCUT2D eigenvalue weighted by Crippen LogP contribution is 2.23. The van der Waals surface area contributed by atoms with Crippen molar-refractivity contribution in [2.45, 2.75) is 38.8 Å². The molecular weight excluding hydrogens is 356 g/mol. The second-order valence-corrected chi connectivity index (χ2v) is 8.12. The number of piperazine rings is 1. The summed E-state index contributed by atoms with van der Waals surface area (Å²) in [5, 5.41) is 11.4. The fraction of sp³-hybridized carbons (Fsp3) is 0.455. The van der Waals surface area contributed by atoms with Crippen LogP contribution in [0.4, 0.5) is 4.79 Å². The first-order valence-corrected chi connectivity index (χ1v) is 9.67. The van der Waals surface area contributed by atoms with Crippen molar-refractivity contribution >= 4 is 22.8 Å². The Balaban J connectivity index is 1.79. The topological polar surface area (TPSA) is 70.1 Å². The van der Waals surface area contributed by atoms with Crippen LogP contribution in [0.1, 0.15) is 37.6 Å². The van der Waals surface area contributed by atoms with Gasteiger partial charge in [-0.15, -0.1) is 0 Å². The van der Waals surface area contributed by atoms with Gasteiger partial charge in [0, 0.05) is 31.8 Å². The maximum atomic E-state index is 13.2. The normalized spacial score (nSPS) is 17.6. The van der Waals surface area contributed by atoms with Crippen LogP contribution >= 0.6 is 0 Å². The zero-order valence-electron chi connectivity index (χ0n) is 16.7. The van der Waals surface area contributed by atoms with E-state index in [0.717, 1.165) is 10.8 Å². The zero-order valence-corrected chi connectivity index (χ0v) is 16.7. The summed E-state index contributed by atoms with van der Waals surface area (Å²) >= 11 is 0. The first-order valence-electron chi connectivity index (χ1n) is 9.67. The fourth-order valence-electron chi connectivity index (χ4n) is 3.58. The molecule has 1 aliphatic heterocycles. The molecule has 1 atom stereocenters. The lowest BCUT2D eigenvalue weighted by Gasteiger charge is -2.41. The van der Waals surface area contributed by atoms with E-state index in [-0.39, 0.29) is 18.6 Å². The van der Waals surface area contributed by atoms with Gasteiger partial charge in [0.25, 0.3) is 5.91 Å². The van der Waals surface area contributed by atoms with Crippen LogP contribution in [0.25, 0.3) is 10.8 Å². The Hall–Kier alpha value is -2.60. The van der Waals surface area contributed by atoms with Gasteiger partial charge in [0.1, 0.15) is 5.60 Å². The Bertz CT molecular complexity index is 854. The molecular formula is C22H28N2O4. The van der Waals surface area contributed by atoms with Crippen molar-refractivity contribution in [3.8, 4) is 0 Å². The molecule has 0 saturated carbocycles. The molecule has 0 bridgehead atoms. The van der Waals surface area contributed by atoms with E-state index in [9.17, 15) is 14.7 Å². The summed E-state index contributed by atoms with van der Waals surface area (Å²) in [7, 11) is 0. The lowest BCUT2D eigenvalue weighted by molar-refractivity contribution is -0.00399. The van der Waals surface area contributed by atoms with Gasteiger partial charge in [-0.25, -0.2) is 4.79 Å². The Kier molecular flexibility index (Phi) is 5.89. The average Bonchev–Trinajstić information content (AvgIpc) is 2.66. The van der Waals surface area contributed by atoms with Crippen LogP contribution in [0.15, 0.2) is 42.5 Å². The molecule has 6 nitrogen and oxygen atoms in total. The minimum absolute atomic E-state index is 0.0522.